The number of hydrogen-bond donors (Lipinski definition) is 0. The Hall–Kier alpha value is -1.45. The molecule has 1 aliphatic heterocycles. The number of morpholine rings is 1. The SMILES string of the molecule is O=C(OCc1ccccc1Cl)c1ccc(Br)c(S(=O)(=O)N2CCOCC2)c1. The van der Waals surface area contributed by atoms with E-state index in [2.05, 4.69) is 15.9 Å². The van der Waals surface area contributed by atoms with Gasteiger partial charge in [0.25, 0.3) is 0 Å². The Balaban J connectivity index is 1.80. The van der Waals surface area contributed by atoms with Crippen LogP contribution in [0.15, 0.2) is 51.8 Å². The molecule has 1 fully saturated rings. The summed E-state index contributed by atoms with van der Waals surface area (Å²) in [5.74, 6) is -0.624. The van der Waals surface area contributed by atoms with Gasteiger partial charge in [-0.15, -0.1) is 0 Å². The van der Waals surface area contributed by atoms with Crippen molar-refractivity contribution >= 4 is 43.5 Å². The highest BCUT2D eigenvalue weighted by Crippen LogP contribution is 2.27. The maximum Gasteiger partial charge on any atom is 0.338 e. The smallest absolute Gasteiger partial charge is 0.338 e. The van der Waals surface area contributed by atoms with Crippen LogP contribution in [0.25, 0.3) is 0 Å². The van der Waals surface area contributed by atoms with Crippen LogP contribution in [-0.2, 0) is 26.1 Å². The van der Waals surface area contributed by atoms with E-state index in [0.29, 0.717) is 28.3 Å². The Kier molecular flexibility index (Phi) is 6.54. The van der Waals surface area contributed by atoms with Crippen molar-refractivity contribution in [3.8, 4) is 0 Å². The van der Waals surface area contributed by atoms with Gasteiger partial charge in [-0.3, -0.25) is 0 Å². The molecular formula is C18H17BrClNO5S. The summed E-state index contributed by atoms with van der Waals surface area (Å²) in [6.45, 7) is 1.23. The van der Waals surface area contributed by atoms with Gasteiger partial charge in [-0.25, -0.2) is 13.2 Å². The average molecular weight is 475 g/mol. The van der Waals surface area contributed by atoms with Gasteiger partial charge in [-0.2, -0.15) is 4.31 Å². The number of carbonyl (C=O) groups is 1. The topological polar surface area (TPSA) is 72.9 Å². The van der Waals surface area contributed by atoms with E-state index < -0.39 is 16.0 Å². The van der Waals surface area contributed by atoms with Crippen molar-refractivity contribution in [1.82, 2.24) is 4.31 Å². The number of nitrogens with zero attached hydrogens (tertiary/aromatic N) is 1. The fourth-order valence-electron chi connectivity index (χ4n) is 2.60. The van der Waals surface area contributed by atoms with Crippen molar-refractivity contribution in [3.63, 3.8) is 0 Å². The number of halogens is 2. The van der Waals surface area contributed by atoms with Crippen LogP contribution in [0, 0.1) is 0 Å². The molecule has 2 aromatic carbocycles. The molecule has 1 saturated heterocycles. The van der Waals surface area contributed by atoms with Crippen LogP contribution < -0.4 is 0 Å². The summed E-state index contributed by atoms with van der Waals surface area (Å²) in [6.07, 6.45) is 0. The number of benzene rings is 2. The van der Waals surface area contributed by atoms with Crippen molar-refractivity contribution in [3.05, 3.63) is 63.1 Å². The zero-order valence-corrected chi connectivity index (χ0v) is 17.4. The summed E-state index contributed by atoms with van der Waals surface area (Å²) in [7, 11) is -3.74. The summed E-state index contributed by atoms with van der Waals surface area (Å²) < 4.78 is 38.0. The van der Waals surface area contributed by atoms with Gasteiger partial charge in [0.15, 0.2) is 0 Å². The van der Waals surface area contributed by atoms with Crippen LogP contribution >= 0.6 is 27.5 Å². The molecular weight excluding hydrogens is 458 g/mol. The number of rotatable bonds is 5. The zero-order chi connectivity index (χ0) is 19.4. The number of ether oxygens (including phenoxy) is 2. The van der Waals surface area contributed by atoms with E-state index in [1.165, 1.54) is 22.5 Å². The van der Waals surface area contributed by atoms with E-state index in [-0.39, 0.29) is 30.2 Å². The molecule has 3 rings (SSSR count). The summed E-state index contributed by atoms with van der Waals surface area (Å²) in [6, 6.07) is 11.4. The molecule has 1 heterocycles. The first-order valence-electron chi connectivity index (χ1n) is 8.17. The molecule has 1 aliphatic rings. The van der Waals surface area contributed by atoms with Crippen LogP contribution in [0.3, 0.4) is 0 Å². The summed E-state index contributed by atoms with van der Waals surface area (Å²) in [5.41, 5.74) is 0.822. The van der Waals surface area contributed by atoms with Crippen molar-refractivity contribution in [1.29, 1.82) is 0 Å². The molecule has 0 N–H and O–H groups in total. The van der Waals surface area contributed by atoms with Crippen LogP contribution in [-0.4, -0.2) is 45.0 Å². The number of sulfonamides is 1. The van der Waals surface area contributed by atoms with Crippen molar-refractivity contribution < 1.29 is 22.7 Å². The highest BCUT2D eigenvalue weighted by molar-refractivity contribution is 9.10. The predicted octanol–water partition coefficient (Wildman–Crippen LogP) is 3.48. The van der Waals surface area contributed by atoms with Crippen LogP contribution in [0.1, 0.15) is 15.9 Å². The zero-order valence-electron chi connectivity index (χ0n) is 14.2. The second-order valence-corrected chi connectivity index (χ2v) is 9.00. The first-order valence-corrected chi connectivity index (χ1v) is 10.8. The van der Waals surface area contributed by atoms with Crippen molar-refractivity contribution in [2.75, 3.05) is 26.3 Å². The fraction of sp³-hybridized carbons (Fsp3) is 0.278. The third kappa shape index (κ3) is 4.70. The molecule has 0 aromatic heterocycles. The van der Waals surface area contributed by atoms with Gasteiger partial charge in [0.2, 0.25) is 10.0 Å². The number of hydrogen-bond acceptors (Lipinski definition) is 5. The van der Waals surface area contributed by atoms with Crippen LogP contribution in [0.4, 0.5) is 0 Å². The van der Waals surface area contributed by atoms with Gasteiger partial charge >= 0.3 is 5.97 Å². The maximum atomic E-state index is 12.9. The van der Waals surface area contributed by atoms with E-state index in [1.807, 2.05) is 0 Å². The van der Waals surface area contributed by atoms with E-state index in [0.717, 1.165) is 0 Å². The summed E-state index contributed by atoms with van der Waals surface area (Å²) in [5, 5.41) is 0.497. The van der Waals surface area contributed by atoms with Crippen LogP contribution in [0.5, 0.6) is 0 Å². The van der Waals surface area contributed by atoms with Gasteiger partial charge in [0, 0.05) is 28.1 Å². The quantitative estimate of drug-likeness (QED) is 0.620. The second-order valence-electron chi connectivity index (χ2n) is 5.83. The molecule has 6 nitrogen and oxygen atoms in total. The van der Waals surface area contributed by atoms with Gasteiger partial charge in [-0.1, -0.05) is 29.8 Å². The van der Waals surface area contributed by atoms with E-state index in [4.69, 9.17) is 21.1 Å². The molecule has 0 aliphatic carbocycles. The standard InChI is InChI=1S/C18H17BrClNO5S/c19-15-6-5-13(18(22)26-12-14-3-1-2-4-16(14)20)11-17(15)27(23,24)21-7-9-25-10-8-21/h1-6,11H,7-10,12H2. The predicted molar refractivity (Wildman–Crippen MR) is 104 cm³/mol. The lowest BCUT2D eigenvalue weighted by atomic mass is 10.2. The number of esters is 1. The number of carbonyl (C=O) groups excluding carboxylic acids is 1. The Morgan fingerprint density at radius 2 is 1.89 bits per heavy atom. The van der Waals surface area contributed by atoms with Crippen LogP contribution in [0.2, 0.25) is 5.02 Å². The molecule has 0 saturated carbocycles. The summed E-state index contributed by atoms with van der Waals surface area (Å²) in [4.78, 5) is 12.4. The average Bonchev–Trinajstić information content (AvgIpc) is 2.68. The van der Waals surface area contributed by atoms with Crippen molar-refractivity contribution in [2.45, 2.75) is 11.5 Å². The Morgan fingerprint density at radius 3 is 2.59 bits per heavy atom. The monoisotopic (exact) mass is 473 g/mol. The molecule has 0 spiro atoms. The molecule has 0 unspecified atom stereocenters. The fourth-order valence-corrected chi connectivity index (χ4v) is 5.15. The highest BCUT2D eigenvalue weighted by Gasteiger charge is 2.29. The minimum Gasteiger partial charge on any atom is -0.457 e. The molecule has 9 heteroatoms. The molecule has 0 radical (unpaired) electrons. The van der Waals surface area contributed by atoms with E-state index in [1.54, 1.807) is 24.3 Å². The molecule has 2 aromatic rings. The molecule has 0 bridgehead atoms. The second kappa shape index (κ2) is 8.70. The molecule has 0 amide bonds. The Labute approximate surface area is 171 Å². The van der Waals surface area contributed by atoms with Gasteiger partial charge in [0.05, 0.1) is 23.7 Å². The third-order valence-electron chi connectivity index (χ3n) is 4.07. The first kappa shape index (κ1) is 20.3. The lowest BCUT2D eigenvalue weighted by Gasteiger charge is -2.26. The minimum absolute atomic E-state index is 0.000117. The third-order valence-corrected chi connectivity index (χ3v) is 7.33. The van der Waals surface area contributed by atoms with Gasteiger partial charge < -0.3 is 9.47 Å². The van der Waals surface area contributed by atoms with Gasteiger partial charge in [-0.05, 0) is 40.2 Å². The minimum atomic E-state index is -3.74. The largest absolute Gasteiger partial charge is 0.457 e. The molecule has 27 heavy (non-hydrogen) atoms. The maximum absolute atomic E-state index is 12.9. The Bertz CT molecular complexity index is 945. The molecule has 0 atom stereocenters. The Morgan fingerprint density at radius 1 is 1.19 bits per heavy atom. The van der Waals surface area contributed by atoms with Gasteiger partial charge in [0.1, 0.15) is 6.61 Å². The normalized spacial score (nSPS) is 15.5. The van der Waals surface area contributed by atoms with E-state index >= 15 is 0 Å². The lowest BCUT2D eigenvalue weighted by Crippen LogP contribution is -2.40. The van der Waals surface area contributed by atoms with Crippen molar-refractivity contribution in [2.24, 2.45) is 0 Å². The molecule has 144 valence electrons. The first-order chi connectivity index (χ1) is 12.9. The van der Waals surface area contributed by atoms with E-state index in [9.17, 15) is 13.2 Å². The lowest BCUT2D eigenvalue weighted by molar-refractivity contribution is 0.0472. The summed E-state index contributed by atoms with van der Waals surface area (Å²) >= 11 is 9.31. The highest BCUT2D eigenvalue weighted by atomic mass is 79.9.